The number of imidazole rings is 1. The fourth-order valence-corrected chi connectivity index (χ4v) is 4.33. The van der Waals surface area contributed by atoms with Gasteiger partial charge >= 0.3 is 0 Å². The average molecular weight is 420 g/mol. The lowest BCUT2D eigenvalue weighted by Crippen LogP contribution is -2.21. The molecule has 5 rings (SSSR count). The first-order valence-corrected chi connectivity index (χ1v) is 10.7. The van der Waals surface area contributed by atoms with Crippen molar-refractivity contribution in [3.63, 3.8) is 0 Å². The van der Waals surface area contributed by atoms with Crippen LogP contribution in [-0.4, -0.2) is 44.2 Å². The maximum atomic E-state index is 13.7. The predicted molar refractivity (Wildman–Crippen MR) is 117 cm³/mol. The number of H-pyrrole nitrogens is 1. The summed E-state index contributed by atoms with van der Waals surface area (Å²) in [6.07, 6.45) is 3.84. The Hall–Kier alpha value is -3.19. The van der Waals surface area contributed by atoms with Gasteiger partial charge in [0.05, 0.1) is 23.7 Å². The topological polar surface area (TPSA) is 58.5 Å². The van der Waals surface area contributed by atoms with Gasteiger partial charge in [-0.1, -0.05) is 18.2 Å². The standard InChI is InChI=1S/C24H26FN5O/c1-17-22(30-11-5-4-8-24(30)26-17)16-29-12-9-18(15-29)21-14-19(27-28-21)10-13-31-23-7-3-2-6-20(23)25/h2-8,11,14,18H,9-10,12-13,15-16H2,1H3,(H,27,28). The SMILES string of the molecule is Cc1nc2ccccn2c1CN1CCC(c2cc(CCOc3ccccc3F)[nH]n2)C1. The van der Waals surface area contributed by atoms with Crippen LogP contribution in [-0.2, 0) is 13.0 Å². The number of pyridine rings is 1. The zero-order valence-electron chi connectivity index (χ0n) is 17.6. The summed E-state index contributed by atoms with van der Waals surface area (Å²) in [5.74, 6) is 0.369. The van der Waals surface area contributed by atoms with Crippen LogP contribution in [0.1, 0.15) is 35.1 Å². The third-order valence-corrected chi connectivity index (χ3v) is 6.01. The number of nitrogens with one attached hydrogen (secondary N) is 1. The van der Waals surface area contributed by atoms with E-state index in [1.54, 1.807) is 18.2 Å². The summed E-state index contributed by atoms with van der Waals surface area (Å²) < 4.78 is 21.4. The van der Waals surface area contributed by atoms with Gasteiger partial charge in [-0.15, -0.1) is 0 Å². The molecule has 0 spiro atoms. The summed E-state index contributed by atoms with van der Waals surface area (Å²) in [4.78, 5) is 7.15. The second kappa shape index (κ2) is 8.51. The highest BCUT2D eigenvalue weighted by Gasteiger charge is 2.27. The van der Waals surface area contributed by atoms with Crippen LogP contribution in [0, 0.1) is 12.7 Å². The second-order valence-corrected chi connectivity index (χ2v) is 8.14. The molecular formula is C24H26FN5O. The lowest BCUT2D eigenvalue weighted by Gasteiger charge is -2.16. The molecule has 4 aromatic rings. The summed E-state index contributed by atoms with van der Waals surface area (Å²) in [6.45, 7) is 5.41. The molecule has 0 bridgehead atoms. The minimum absolute atomic E-state index is 0.288. The lowest BCUT2D eigenvalue weighted by atomic mass is 10.0. The van der Waals surface area contributed by atoms with E-state index in [0.717, 1.165) is 48.8 Å². The summed E-state index contributed by atoms with van der Waals surface area (Å²) in [6, 6.07) is 14.7. The van der Waals surface area contributed by atoms with E-state index in [-0.39, 0.29) is 11.6 Å². The predicted octanol–water partition coefficient (Wildman–Crippen LogP) is 4.12. The summed E-state index contributed by atoms with van der Waals surface area (Å²) in [5, 5.41) is 7.66. The van der Waals surface area contributed by atoms with E-state index in [1.165, 1.54) is 11.8 Å². The van der Waals surface area contributed by atoms with Gasteiger partial charge in [0.25, 0.3) is 0 Å². The number of rotatable bonds is 7. The molecule has 0 radical (unpaired) electrons. The Balaban J connectivity index is 1.17. The minimum atomic E-state index is -0.333. The van der Waals surface area contributed by atoms with Gasteiger partial charge in [0.1, 0.15) is 5.65 Å². The zero-order valence-corrected chi connectivity index (χ0v) is 17.6. The van der Waals surface area contributed by atoms with Crippen molar-refractivity contribution < 1.29 is 9.13 Å². The molecule has 1 aliphatic rings. The number of ether oxygens (including phenoxy) is 1. The first-order chi connectivity index (χ1) is 15.2. The molecule has 0 aliphatic carbocycles. The quantitative estimate of drug-likeness (QED) is 0.490. The van der Waals surface area contributed by atoms with Gasteiger partial charge in [-0.25, -0.2) is 9.37 Å². The van der Waals surface area contributed by atoms with Gasteiger partial charge in [0.2, 0.25) is 0 Å². The number of benzene rings is 1. The maximum Gasteiger partial charge on any atom is 0.165 e. The fourth-order valence-electron chi connectivity index (χ4n) is 4.33. The molecule has 1 fully saturated rings. The van der Waals surface area contributed by atoms with E-state index in [9.17, 15) is 4.39 Å². The third-order valence-electron chi connectivity index (χ3n) is 6.01. The Morgan fingerprint density at radius 3 is 2.97 bits per heavy atom. The Kier molecular flexibility index (Phi) is 5.42. The Bertz CT molecular complexity index is 1180. The molecule has 1 N–H and O–H groups in total. The van der Waals surface area contributed by atoms with E-state index in [0.29, 0.717) is 18.9 Å². The number of nitrogens with zero attached hydrogens (tertiary/aromatic N) is 4. The number of hydrogen-bond donors (Lipinski definition) is 1. The third kappa shape index (κ3) is 4.18. The van der Waals surface area contributed by atoms with E-state index < -0.39 is 0 Å². The number of hydrogen-bond acceptors (Lipinski definition) is 4. The highest BCUT2D eigenvalue weighted by molar-refractivity contribution is 5.42. The largest absolute Gasteiger partial charge is 0.490 e. The number of aromatic nitrogens is 4. The first kappa shape index (κ1) is 19.8. The summed E-state index contributed by atoms with van der Waals surface area (Å²) in [7, 11) is 0. The van der Waals surface area contributed by atoms with Crippen LogP contribution in [0.15, 0.2) is 54.7 Å². The fraction of sp³-hybridized carbons (Fsp3) is 0.333. The Labute approximate surface area is 180 Å². The first-order valence-electron chi connectivity index (χ1n) is 10.7. The van der Waals surface area contributed by atoms with Crippen molar-refractivity contribution in [2.24, 2.45) is 0 Å². The number of halogens is 1. The smallest absolute Gasteiger partial charge is 0.165 e. The van der Waals surface area contributed by atoms with Crippen molar-refractivity contribution >= 4 is 5.65 Å². The van der Waals surface area contributed by atoms with Crippen LogP contribution in [0.3, 0.4) is 0 Å². The molecule has 0 amide bonds. The molecule has 31 heavy (non-hydrogen) atoms. The second-order valence-electron chi connectivity index (χ2n) is 8.14. The highest BCUT2D eigenvalue weighted by Crippen LogP contribution is 2.28. The maximum absolute atomic E-state index is 13.7. The van der Waals surface area contributed by atoms with Crippen LogP contribution >= 0.6 is 0 Å². The van der Waals surface area contributed by atoms with Crippen molar-refractivity contribution in [3.8, 4) is 5.75 Å². The van der Waals surface area contributed by atoms with Crippen LogP contribution in [0.4, 0.5) is 4.39 Å². The molecule has 4 heterocycles. The molecule has 0 saturated carbocycles. The van der Waals surface area contributed by atoms with Crippen molar-refractivity contribution in [1.82, 2.24) is 24.5 Å². The Morgan fingerprint density at radius 2 is 2.06 bits per heavy atom. The Morgan fingerprint density at radius 1 is 1.19 bits per heavy atom. The monoisotopic (exact) mass is 419 g/mol. The minimum Gasteiger partial charge on any atom is -0.490 e. The molecule has 6 nitrogen and oxygen atoms in total. The molecule has 1 saturated heterocycles. The number of aryl methyl sites for hydroxylation is 1. The van der Waals surface area contributed by atoms with Gasteiger partial charge in [-0.3, -0.25) is 10.00 Å². The molecular weight excluding hydrogens is 393 g/mol. The van der Waals surface area contributed by atoms with Gasteiger partial charge in [-0.05, 0) is 50.2 Å². The van der Waals surface area contributed by atoms with Crippen molar-refractivity contribution in [3.05, 3.63) is 83.3 Å². The van der Waals surface area contributed by atoms with Crippen molar-refractivity contribution in [1.29, 1.82) is 0 Å². The molecule has 160 valence electrons. The van der Waals surface area contributed by atoms with Gasteiger partial charge in [-0.2, -0.15) is 5.10 Å². The normalized spacial score (nSPS) is 16.9. The van der Waals surface area contributed by atoms with Crippen LogP contribution < -0.4 is 4.74 Å². The van der Waals surface area contributed by atoms with Crippen LogP contribution in [0.5, 0.6) is 5.75 Å². The number of likely N-dealkylation sites (tertiary alicyclic amines) is 1. The van der Waals surface area contributed by atoms with E-state index in [2.05, 4.69) is 43.7 Å². The molecule has 1 aromatic carbocycles. The summed E-state index contributed by atoms with van der Waals surface area (Å²) in [5.41, 5.74) is 5.46. The number of aromatic amines is 1. The van der Waals surface area contributed by atoms with E-state index in [4.69, 9.17) is 4.74 Å². The molecule has 1 aliphatic heterocycles. The van der Waals surface area contributed by atoms with E-state index in [1.807, 2.05) is 18.2 Å². The molecule has 1 atom stereocenters. The zero-order chi connectivity index (χ0) is 21.2. The summed E-state index contributed by atoms with van der Waals surface area (Å²) >= 11 is 0. The lowest BCUT2D eigenvalue weighted by molar-refractivity contribution is 0.304. The van der Waals surface area contributed by atoms with Gasteiger partial charge < -0.3 is 9.14 Å². The van der Waals surface area contributed by atoms with Gasteiger partial charge in [0, 0.05) is 37.3 Å². The number of fused-ring (bicyclic) bond motifs is 1. The van der Waals surface area contributed by atoms with Crippen molar-refractivity contribution in [2.45, 2.75) is 32.2 Å². The highest BCUT2D eigenvalue weighted by atomic mass is 19.1. The molecule has 3 aromatic heterocycles. The van der Waals surface area contributed by atoms with Crippen LogP contribution in [0.2, 0.25) is 0 Å². The van der Waals surface area contributed by atoms with Crippen molar-refractivity contribution in [2.75, 3.05) is 19.7 Å². The van der Waals surface area contributed by atoms with Gasteiger partial charge in [0.15, 0.2) is 11.6 Å². The van der Waals surface area contributed by atoms with Crippen LogP contribution in [0.25, 0.3) is 5.65 Å². The molecule has 7 heteroatoms. The van der Waals surface area contributed by atoms with E-state index >= 15 is 0 Å². The average Bonchev–Trinajstić information content (AvgIpc) is 3.49. The molecule has 1 unspecified atom stereocenters. The number of para-hydroxylation sites is 1.